The van der Waals surface area contributed by atoms with Gasteiger partial charge in [-0.2, -0.15) is 0 Å². The Bertz CT molecular complexity index is 764. The van der Waals surface area contributed by atoms with Crippen LogP contribution < -0.4 is 19.9 Å². The van der Waals surface area contributed by atoms with E-state index in [0.717, 1.165) is 19.4 Å². The van der Waals surface area contributed by atoms with Gasteiger partial charge in [0.2, 0.25) is 10.0 Å². The fourth-order valence-corrected chi connectivity index (χ4v) is 4.27. The number of nitrogens with one attached hydrogen (secondary N) is 1. The highest BCUT2D eigenvalue weighted by atomic mass is 32.2. The molecule has 1 aliphatic heterocycles. The Kier molecular flexibility index (Phi) is 5.91. The van der Waals surface area contributed by atoms with Crippen LogP contribution in [0.2, 0.25) is 0 Å². The van der Waals surface area contributed by atoms with Crippen molar-refractivity contribution in [2.45, 2.75) is 30.2 Å². The third-order valence-electron chi connectivity index (χ3n) is 4.64. The summed E-state index contributed by atoms with van der Waals surface area (Å²) in [5, 5.41) is 0. The van der Waals surface area contributed by atoms with Gasteiger partial charge < -0.3 is 20.1 Å². The normalized spacial score (nSPS) is 18.3. The van der Waals surface area contributed by atoms with Crippen molar-refractivity contribution in [3.8, 4) is 11.5 Å². The molecule has 0 radical (unpaired) electrons. The third kappa shape index (κ3) is 3.73. The largest absolute Gasteiger partial charge is 0.493 e. The molecule has 9 heteroatoms. The number of sulfonamides is 1. The summed E-state index contributed by atoms with van der Waals surface area (Å²) in [5.74, 6) is -0.402. The molecule has 1 aliphatic rings. The molecule has 8 nitrogen and oxygen atoms in total. The maximum Gasteiger partial charge on any atom is 0.252 e. The number of carbonyl (C=O) groups is 1. The Balaban J connectivity index is 2.74. The second kappa shape index (κ2) is 7.59. The SMILES string of the molecule is CNS(=O)(=O)c1cc(C(N)=O)c(OC)c(OC)c1CC1CCCN1C. The number of rotatable bonds is 7. The minimum atomic E-state index is -3.81. The molecule has 0 aromatic heterocycles. The first-order valence-corrected chi connectivity index (χ1v) is 9.46. The number of likely N-dealkylation sites (N-methyl/N-ethyl adjacent to an activating group) is 1. The number of amides is 1. The fraction of sp³-hybridized carbons (Fsp3) is 0.562. The predicted octanol–water partition coefficient (Wildman–Crippen LogP) is 0.348. The molecular weight excluding hydrogens is 346 g/mol. The number of hydrogen-bond donors (Lipinski definition) is 2. The van der Waals surface area contributed by atoms with Crippen LogP contribution in [0.1, 0.15) is 28.8 Å². The summed E-state index contributed by atoms with van der Waals surface area (Å²) in [6.07, 6.45) is 2.47. The maximum atomic E-state index is 12.5. The number of nitrogens with zero attached hydrogens (tertiary/aromatic N) is 1. The van der Waals surface area contributed by atoms with Crippen LogP contribution in [-0.4, -0.2) is 60.1 Å². The van der Waals surface area contributed by atoms with Crippen LogP contribution in [0.3, 0.4) is 0 Å². The van der Waals surface area contributed by atoms with E-state index in [2.05, 4.69) is 9.62 Å². The van der Waals surface area contributed by atoms with Gasteiger partial charge in [-0.05, 0) is 46.0 Å². The molecule has 3 N–H and O–H groups in total. The summed E-state index contributed by atoms with van der Waals surface area (Å²) < 4.78 is 38.1. The first kappa shape index (κ1) is 19.5. The maximum absolute atomic E-state index is 12.5. The Morgan fingerprint density at radius 3 is 2.44 bits per heavy atom. The Labute approximate surface area is 148 Å². The minimum absolute atomic E-state index is 0.0123. The summed E-state index contributed by atoms with van der Waals surface area (Å²) in [4.78, 5) is 14.0. The molecule has 0 saturated carbocycles. The quantitative estimate of drug-likeness (QED) is 0.715. The number of carbonyl (C=O) groups excluding carboxylic acids is 1. The first-order valence-electron chi connectivity index (χ1n) is 7.98. The van der Waals surface area contributed by atoms with Gasteiger partial charge in [-0.3, -0.25) is 4.79 Å². The Morgan fingerprint density at radius 2 is 2.00 bits per heavy atom. The van der Waals surface area contributed by atoms with Gasteiger partial charge in [0, 0.05) is 11.6 Å². The van der Waals surface area contributed by atoms with Crippen molar-refractivity contribution >= 4 is 15.9 Å². The molecule has 0 spiro atoms. The van der Waals surface area contributed by atoms with Crippen molar-refractivity contribution < 1.29 is 22.7 Å². The fourth-order valence-electron chi connectivity index (χ4n) is 3.27. The molecule has 1 aromatic carbocycles. The van der Waals surface area contributed by atoms with Gasteiger partial charge >= 0.3 is 0 Å². The lowest BCUT2D eigenvalue weighted by Crippen LogP contribution is -2.29. The van der Waals surface area contributed by atoms with Gasteiger partial charge in [0.25, 0.3) is 5.91 Å². The lowest BCUT2D eigenvalue weighted by molar-refractivity contribution is 0.0996. The topological polar surface area (TPSA) is 111 Å². The number of likely N-dealkylation sites (tertiary alicyclic amines) is 1. The molecule has 1 heterocycles. The highest BCUT2D eigenvalue weighted by Gasteiger charge is 2.31. The van der Waals surface area contributed by atoms with E-state index >= 15 is 0 Å². The predicted molar refractivity (Wildman–Crippen MR) is 93.7 cm³/mol. The van der Waals surface area contributed by atoms with Gasteiger partial charge in [-0.15, -0.1) is 0 Å². The summed E-state index contributed by atoms with van der Waals surface area (Å²) >= 11 is 0. The van der Waals surface area contributed by atoms with E-state index in [1.54, 1.807) is 0 Å². The van der Waals surface area contributed by atoms with Crippen LogP contribution >= 0.6 is 0 Å². The standard InChI is InChI=1S/C16H25N3O5S/c1-18-25(21,22)13-9-12(16(17)20)15(24-4)14(23-3)11(13)8-10-6-5-7-19(10)2/h9-10,18H,5-8H2,1-4H3,(H2,17,20). The highest BCUT2D eigenvalue weighted by Crippen LogP contribution is 2.40. The van der Waals surface area contributed by atoms with E-state index < -0.39 is 15.9 Å². The minimum Gasteiger partial charge on any atom is -0.493 e. The summed E-state index contributed by atoms with van der Waals surface area (Å²) in [6.45, 7) is 0.956. The van der Waals surface area contributed by atoms with Crippen LogP contribution in [-0.2, 0) is 16.4 Å². The van der Waals surface area contributed by atoms with Gasteiger partial charge in [0.15, 0.2) is 11.5 Å². The van der Waals surface area contributed by atoms with Crippen molar-refractivity contribution in [3.63, 3.8) is 0 Å². The molecule has 25 heavy (non-hydrogen) atoms. The second-order valence-electron chi connectivity index (χ2n) is 6.02. The van der Waals surface area contributed by atoms with E-state index in [4.69, 9.17) is 15.2 Å². The first-order chi connectivity index (χ1) is 11.8. The summed E-state index contributed by atoms with van der Waals surface area (Å²) in [6, 6.07) is 1.45. The molecule has 0 bridgehead atoms. The van der Waals surface area contributed by atoms with Gasteiger partial charge in [-0.25, -0.2) is 13.1 Å². The number of ether oxygens (including phenoxy) is 2. The molecule has 1 saturated heterocycles. The van der Waals surface area contributed by atoms with E-state index in [9.17, 15) is 13.2 Å². The number of nitrogens with two attached hydrogens (primary N) is 1. The zero-order valence-corrected chi connectivity index (χ0v) is 15.8. The van der Waals surface area contributed by atoms with E-state index in [-0.39, 0.29) is 28.0 Å². The van der Waals surface area contributed by atoms with Crippen LogP contribution in [0.15, 0.2) is 11.0 Å². The van der Waals surface area contributed by atoms with Crippen molar-refractivity contribution in [2.75, 3.05) is 34.9 Å². The molecule has 1 fully saturated rings. The molecule has 1 unspecified atom stereocenters. The van der Waals surface area contributed by atoms with Crippen LogP contribution in [0, 0.1) is 0 Å². The summed E-state index contributed by atoms with van der Waals surface area (Å²) in [7, 11) is 2.32. The lowest BCUT2D eigenvalue weighted by Gasteiger charge is -2.24. The Hall–Kier alpha value is -1.84. The molecule has 140 valence electrons. The van der Waals surface area contributed by atoms with Crippen molar-refractivity contribution in [1.29, 1.82) is 0 Å². The average Bonchev–Trinajstić information content (AvgIpc) is 2.98. The second-order valence-corrected chi connectivity index (χ2v) is 7.87. The highest BCUT2D eigenvalue weighted by molar-refractivity contribution is 7.89. The van der Waals surface area contributed by atoms with Crippen molar-refractivity contribution in [1.82, 2.24) is 9.62 Å². The van der Waals surface area contributed by atoms with Gasteiger partial charge in [0.05, 0.1) is 24.7 Å². The lowest BCUT2D eigenvalue weighted by atomic mass is 10.00. The van der Waals surface area contributed by atoms with Crippen LogP contribution in [0.5, 0.6) is 11.5 Å². The van der Waals surface area contributed by atoms with Gasteiger partial charge in [-0.1, -0.05) is 0 Å². The monoisotopic (exact) mass is 371 g/mol. The van der Waals surface area contributed by atoms with Crippen molar-refractivity contribution in [3.05, 3.63) is 17.2 Å². The Morgan fingerprint density at radius 1 is 1.36 bits per heavy atom. The van der Waals surface area contributed by atoms with Crippen LogP contribution in [0.25, 0.3) is 0 Å². The zero-order valence-electron chi connectivity index (χ0n) is 15.0. The van der Waals surface area contributed by atoms with E-state index in [0.29, 0.717) is 12.0 Å². The number of methoxy groups -OCH3 is 2. The van der Waals surface area contributed by atoms with Crippen molar-refractivity contribution in [2.24, 2.45) is 5.73 Å². The van der Waals surface area contributed by atoms with E-state index in [1.165, 1.54) is 27.3 Å². The number of hydrogen-bond acceptors (Lipinski definition) is 6. The molecule has 1 aromatic rings. The molecule has 1 amide bonds. The zero-order chi connectivity index (χ0) is 18.8. The molecular formula is C16H25N3O5S. The number of benzene rings is 1. The van der Waals surface area contributed by atoms with Crippen LogP contribution in [0.4, 0.5) is 0 Å². The van der Waals surface area contributed by atoms with Gasteiger partial charge in [0.1, 0.15) is 0 Å². The summed E-state index contributed by atoms with van der Waals surface area (Å²) in [5.41, 5.74) is 5.86. The number of primary amides is 1. The average molecular weight is 371 g/mol. The third-order valence-corrected chi connectivity index (χ3v) is 6.12. The van der Waals surface area contributed by atoms with E-state index in [1.807, 2.05) is 7.05 Å². The molecule has 0 aliphatic carbocycles. The molecule has 2 rings (SSSR count). The smallest absolute Gasteiger partial charge is 0.252 e. The molecule has 1 atom stereocenters.